The molecule has 4 rings (SSSR count). The van der Waals surface area contributed by atoms with Crippen molar-refractivity contribution in [1.82, 2.24) is 4.98 Å². The van der Waals surface area contributed by atoms with Crippen molar-refractivity contribution in [2.24, 2.45) is 0 Å². The fraction of sp³-hybridized carbons (Fsp3) is 0.304. The summed E-state index contributed by atoms with van der Waals surface area (Å²) in [6, 6.07) is 15.6. The molecule has 1 saturated heterocycles. The summed E-state index contributed by atoms with van der Waals surface area (Å²) in [7, 11) is 1.64. The number of oxazole rings is 1. The topological polar surface area (TPSA) is 67.6 Å². The van der Waals surface area contributed by atoms with E-state index < -0.39 is 0 Å². The number of hydrogen-bond acceptors (Lipinski definition) is 5. The van der Waals surface area contributed by atoms with E-state index in [4.69, 9.17) is 9.15 Å². The molecule has 1 N–H and O–H groups in total. The number of rotatable bonds is 7. The first-order valence-corrected chi connectivity index (χ1v) is 9.96. The smallest absolute Gasteiger partial charge is 0.224 e. The highest BCUT2D eigenvalue weighted by atomic mass is 16.5. The van der Waals surface area contributed by atoms with Crippen LogP contribution in [-0.2, 0) is 11.2 Å². The van der Waals surface area contributed by atoms with Gasteiger partial charge in [0.15, 0.2) is 11.7 Å². The summed E-state index contributed by atoms with van der Waals surface area (Å²) in [4.78, 5) is 19.1. The molecular formula is C23H25N3O3. The lowest BCUT2D eigenvalue weighted by Crippen LogP contribution is -2.21. The monoisotopic (exact) mass is 391 g/mol. The molecule has 6 nitrogen and oxygen atoms in total. The summed E-state index contributed by atoms with van der Waals surface area (Å²) >= 11 is 0. The molecule has 0 saturated carbocycles. The number of carbonyl (C=O) groups is 1. The minimum atomic E-state index is -0.0409. The number of para-hydroxylation sites is 2. The van der Waals surface area contributed by atoms with E-state index in [0.29, 0.717) is 24.5 Å². The van der Waals surface area contributed by atoms with Crippen LogP contribution in [0.3, 0.4) is 0 Å². The van der Waals surface area contributed by atoms with Crippen molar-refractivity contribution >= 4 is 17.3 Å². The molecule has 2 heterocycles. The molecule has 150 valence electrons. The van der Waals surface area contributed by atoms with Gasteiger partial charge in [-0.2, -0.15) is 0 Å². The SMILES string of the molecule is COc1ccc(-c2cnc(CCC(=O)Nc3ccccc3N3CCCC3)o2)cc1. The van der Waals surface area contributed by atoms with Crippen LogP contribution in [0.5, 0.6) is 5.75 Å². The summed E-state index contributed by atoms with van der Waals surface area (Å²) in [5.74, 6) is 1.99. The predicted molar refractivity (Wildman–Crippen MR) is 113 cm³/mol. The van der Waals surface area contributed by atoms with Gasteiger partial charge in [-0.3, -0.25) is 4.79 Å². The molecule has 0 atom stereocenters. The highest BCUT2D eigenvalue weighted by Crippen LogP contribution is 2.29. The number of aromatic nitrogens is 1. The number of nitrogens with one attached hydrogen (secondary N) is 1. The van der Waals surface area contributed by atoms with Gasteiger partial charge in [0.05, 0.1) is 24.7 Å². The normalized spacial score (nSPS) is 13.5. The van der Waals surface area contributed by atoms with Crippen molar-refractivity contribution < 1.29 is 13.9 Å². The number of ether oxygens (including phenoxy) is 1. The largest absolute Gasteiger partial charge is 0.497 e. The first-order valence-electron chi connectivity index (χ1n) is 9.96. The fourth-order valence-electron chi connectivity index (χ4n) is 3.56. The van der Waals surface area contributed by atoms with Gasteiger partial charge in [0.1, 0.15) is 5.75 Å². The lowest BCUT2D eigenvalue weighted by molar-refractivity contribution is -0.116. The van der Waals surface area contributed by atoms with E-state index in [1.54, 1.807) is 13.3 Å². The van der Waals surface area contributed by atoms with Gasteiger partial charge >= 0.3 is 0 Å². The van der Waals surface area contributed by atoms with Crippen LogP contribution in [-0.4, -0.2) is 31.1 Å². The highest BCUT2D eigenvalue weighted by molar-refractivity contribution is 5.94. The number of hydrogen-bond donors (Lipinski definition) is 1. The number of carbonyl (C=O) groups excluding carboxylic acids is 1. The van der Waals surface area contributed by atoms with Crippen LogP contribution in [0, 0.1) is 0 Å². The Balaban J connectivity index is 1.35. The van der Waals surface area contributed by atoms with Crippen LogP contribution in [0.25, 0.3) is 11.3 Å². The Hall–Kier alpha value is -3.28. The van der Waals surface area contributed by atoms with E-state index in [9.17, 15) is 4.79 Å². The maximum atomic E-state index is 12.5. The average molecular weight is 391 g/mol. The summed E-state index contributed by atoms with van der Waals surface area (Å²) in [6.07, 6.45) is 4.86. The number of methoxy groups -OCH3 is 1. The molecule has 1 aliphatic rings. The molecule has 0 spiro atoms. The number of amides is 1. The second kappa shape index (κ2) is 8.82. The third-order valence-corrected chi connectivity index (χ3v) is 5.12. The van der Waals surface area contributed by atoms with Crippen molar-refractivity contribution in [3.63, 3.8) is 0 Å². The molecule has 0 unspecified atom stereocenters. The Morgan fingerprint density at radius 3 is 2.66 bits per heavy atom. The lowest BCUT2D eigenvalue weighted by Gasteiger charge is -2.21. The van der Waals surface area contributed by atoms with Gasteiger partial charge in [-0.1, -0.05) is 12.1 Å². The molecule has 1 aliphatic heterocycles. The molecule has 1 aromatic heterocycles. The zero-order valence-corrected chi connectivity index (χ0v) is 16.6. The predicted octanol–water partition coefficient (Wildman–Crippen LogP) is 4.52. The molecule has 1 amide bonds. The van der Waals surface area contributed by atoms with E-state index in [2.05, 4.69) is 21.3 Å². The van der Waals surface area contributed by atoms with E-state index in [0.717, 1.165) is 35.8 Å². The van der Waals surface area contributed by atoms with Gasteiger partial charge < -0.3 is 19.4 Å². The Bertz CT molecular complexity index is 960. The molecule has 3 aromatic rings. The molecule has 6 heteroatoms. The van der Waals surface area contributed by atoms with Crippen LogP contribution >= 0.6 is 0 Å². The van der Waals surface area contributed by atoms with E-state index in [-0.39, 0.29) is 5.91 Å². The van der Waals surface area contributed by atoms with Gasteiger partial charge in [-0.25, -0.2) is 4.98 Å². The van der Waals surface area contributed by atoms with Crippen LogP contribution in [0.15, 0.2) is 59.1 Å². The van der Waals surface area contributed by atoms with E-state index >= 15 is 0 Å². The molecule has 2 aromatic carbocycles. The molecular weight excluding hydrogens is 366 g/mol. The van der Waals surface area contributed by atoms with Crippen molar-refractivity contribution in [2.75, 3.05) is 30.4 Å². The lowest BCUT2D eigenvalue weighted by atomic mass is 10.2. The molecule has 29 heavy (non-hydrogen) atoms. The first-order chi connectivity index (χ1) is 14.2. The zero-order valence-electron chi connectivity index (χ0n) is 16.6. The van der Waals surface area contributed by atoms with Gasteiger partial charge in [-0.05, 0) is 49.2 Å². The number of anilines is 2. The Morgan fingerprint density at radius 1 is 1.14 bits per heavy atom. The number of aryl methyl sites for hydroxylation is 1. The number of nitrogens with zero attached hydrogens (tertiary/aromatic N) is 2. The Morgan fingerprint density at radius 2 is 1.90 bits per heavy atom. The van der Waals surface area contributed by atoms with Crippen LogP contribution in [0.1, 0.15) is 25.2 Å². The Labute approximate surface area is 170 Å². The maximum absolute atomic E-state index is 12.5. The van der Waals surface area contributed by atoms with Crippen LogP contribution in [0.2, 0.25) is 0 Å². The zero-order chi connectivity index (χ0) is 20.1. The Kier molecular flexibility index (Phi) is 5.79. The van der Waals surface area contributed by atoms with E-state index in [1.165, 1.54) is 12.8 Å². The standard InChI is InChI=1S/C23H25N3O3/c1-28-18-10-8-17(9-11-18)21-16-24-23(29-21)13-12-22(27)25-19-6-2-3-7-20(19)26-14-4-5-15-26/h2-3,6-11,16H,4-5,12-15H2,1H3,(H,25,27). The minimum absolute atomic E-state index is 0.0409. The molecule has 0 aliphatic carbocycles. The van der Waals surface area contributed by atoms with Gasteiger partial charge in [0.2, 0.25) is 5.91 Å². The minimum Gasteiger partial charge on any atom is -0.497 e. The summed E-state index contributed by atoms with van der Waals surface area (Å²) in [5, 5.41) is 3.04. The van der Waals surface area contributed by atoms with Crippen molar-refractivity contribution in [1.29, 1.82) is 0 Å². The van der Waals surface area contributed by atoms with Crippen molar-refractivity contribution in [2.45, 2.75) is 25.7 Å². The van der Waals surface area contributed by atoms with Crippen molar-refractivity contribution in [3.8, 4) is 17.1 Å². The molecule has 1 fully saturated rings. The van der Waals surface area contributed by atoms with E-state index in [1.807, 2.05) is 42.5 Å². The van der Waals surface area contributed by atoms with Gasteiger partial charge in [0.25, 0.3) is 0 Å². The van der Waals surface area contributed by atoms with Crippen LogP contribution in [0.4, 0.5) is 11.4 Å². The highest BCUT2D eigenvalue weighted by Gasteiger charge is 2.17. The summed E-state index contributed by atoms with van der Waals surface area (Å²) < 4.78 is 11.0. The summed E-state index contributed by atoms with van der Waals surface area (Å²) in [5.41, 5.74) is 2.88. The quantitative estimate of drug-likeness (QED) is 0.641. The second-order valence-corrected chi connectivity index (χ2v) is 7.11. The maximum Gasteiger partial charge on any atom is 0.224 e. The third-order valence-electron chi connectivity index (χ3n) is 5.12. The van der Waals surface area contributed by atoms with Gasteiger partial charge in [-0.15, -0.1) is 0 Å². The molecule has 0 bridgehead atoms. The average Bonchev–Trinajstić information content (AvgIpc) is 3.45. The molecule has 0 radical (unpaired) electrons. The number of benzene rings is 2. The first kappa shape index (κ1) is 19.1. The van der Waals surface area contributed by atoms with Gasteiger partial charge in [0, 0.05) is 31.5 Å². The fourth-order valence-corrected chi connectivity index (χ4v) is 3.56. The third kappa shape index (κ3) is 4.59. The van der Waals surface area contributed by atoms with Crippen molar-refractivity contribution in [3.05, 3.63) is 60.6 Å². The summed E-state index contributed by atoms with van der Waals surface area (Å²) in [6.45, 7) is 2.08. The second-order valence-electron chi connectivity index (χ2n) is 7.11. The van der Waals surface area contributed by atoms with Crippen LogP contribution < -0.4 is 15.0 Å².